The minimum absolute atomic E-state index is 0.0939. The van der Waals surface area contributed by atoms with E-state index in [1.807, 2.05) is 6.92 Å². The summed E-state index contributed by atoms with van der Waals surface area (Å²) in [6.07, 6.45) is 2.90. The second-order valence-corrected chi connectivity index (χ2v) is 3.40. The quantitative estimate of drug-likeness (QED) is 0.679. The molecule has 98 valence electrons. The van der Waals surface area contributed by atoms with Gasteiger partial charge in [-0.05, 0) is 13.3 Å². The predicted molar refractivity (Wildman–Crippen MR) is 62.4 cm³/mol. The van der Waals surface area contributed by atoms with Gasteiger partial charge in [-0.2, -0.15) is 0 Å². The van der Waals surface area contributed by atoms with Gasteiger partial charge < -0.3 is 15.2 Å². The number of nitrogens with one attached hydrogen (secondary N) is 1. The maximum absolute atomic E-state index is 11.6. The average Bonchev–Trinajstić information content (AvgIpc) is 2.38. The van der Waals surface area contributed by atoms with Crippen LogP contribution >= 0.6 is 0 Å². The van der Waals surface area contributed by atoms with Crippen LogP contribution in [0.15, 0.2) is 12.4 Å². The van der Waals surface area contributed by atoms with Crippen molar-refractivity contribution in [1.29, 1.82) is 0 Å². The molecule has 7 heteroatoms. The molecule has 0 fully saturated rings. The first kappa shape index (κ1) is 14.0. The molecule has 7 nitrogen and oxygen atoms in total. The van der Waals surface area contributed by atoms with Gasteiger partial charge in [-0.1, -0.05) is 0 Å². The summed E-state index contributed by atoms with van der Waals surface area (Å²) in [5.41, 5.74) is -0.0979. The first-order valence-electron chi connectivity index (χ1n) is 5.56. The molecule has 0 saturated carbocycles. The van der Waals surface area contributed by atoms with E-state index < -0.39 is 5.97 Å². The second-order valence-electron chi connectivity index (χ2n) is 3.40. The smallest absolute Gasteiger partial charge is 0.356 e. The van der Waals surface area contributed by atoms with Gasteiger partial charge in [-0.3, -0.25) is 4.79 Å². The molecule has 1 aromatic heterocycles. The fraction of sp³-hybridized carbons (Fsp3) is 0.455. The fourth-order valence-electron chi connectivity index (χ4n) is 1.17. The van der Waals surface area contributed by atoms with E-state index in [0.29, 0.717) is 26.2 Å². The minimum Gasteiger partial charge on any atom is -0.476 e. The normalized spacial score (nSPS) is 10.1. The molecule has 1 heterocycles. The van der Waals surface area contributed by atoms with E-state index in [1.165, 1.54) is 0 Å². The maximum Gasteiger partial charge on any atom is 0.356 e. The fourth-order valence-corrected chi connectivity index (χ4v) is 1.17. The van der Waals surface area contributed by atoms with Crippen LogP contribution < -0.4 is 5.32 Å². The van der Waals surface area contributed by atoms with Crippen LogP contribution in [-0.4, -0.2) is 46.7 Å². The van der Waals surface area contributed by atoms with Crippen molar-refractivity contribution in [3.8, 4) is 0 Å². The third-order valence-corrected chi connectivity index (χ3v) is 2.06. The van der Waals surface area contributed by atoms with Crippen LogP contribution in [-0.2, 0) is 4.74 Å². The van der Waals surface area contributed by atoms with Crippen molar-refractivity contribution in [3.63, 3.8) is 0 Å². The number of hydrogen-bond donors (Lipinski definition) is 2. The maximum atomic E-state index is 11.6. The molecule has 0 radical (unpaired) electrons. The number of carbonyl (C=O) groups excluding carboxylic acids is 1. The molecule has 0 aromatic carbocycles. The molecule has 18 heavy (non-hydrogen) atoms. The summed E-state index contributed by atoms with van der Waals surface area (Å²) in [7, 11) is 0. The van der Waals surface area contributed by atoms with Gasteiger partial charge in [-0.15, -0.1) is 0 Å². The van der Waals surface area contributed by atoms with Crippen LogP contribution in [0.2, 0.25) is 0 Å². The van der Waals surface area contributed by atoms with Crippen molar-refractivity contribution in [2.45, 2.75) is 13.3 Å². The minimum atomic E-state index is -1.17. The predicted octanol–water partition coefficient (Wildman–Crippen LogP) is 0.331. The van der Waals surface area contributed by atoms with Crippen LogP contribution in [0.4, 0.5) is 0 Å². The highest BCUT2D eigenvalue weighted by atomic mass is 16.5. The summed E-state index contributed by atoms with van der Waals surface area (Å²) in [6.45, 7) is 3.61. The number of rotatable bonds is 7. The monoisotopic (exact) mass is 253 g/mol. The Kier molecular flexibility index (Phi) is 5.72. The average molecular weight is 253 g/mol. The van der Waals surface area contributed by atoms with Crippen molar-refractivity contribution in [2.24, 2.45) is 0 Å². The summed E-state index contributed by atoms with van der Waals surface area (Å²) in [5.74, 6) is -1.55. The van der Waals surface area contributed by atoms with Gasteiger partial charge in [0.1, 0.15) is 5.69 Å². The van der Waals surface area contributed by atoms with Crippen LogP contribution in [0.3, 0.4) is 0 Å². The number of carboxylic acid groups (broad SMARTS) is 1. The topological polar surface area (TPSA) is 101 Å². The van der Waals surface area contributed by atoms with Gasteiger partial charge in [0, 0.05) is 19.8 Å². The molecule has 0 bridgehead atoms. The zero-order chi connectivity index (χ0) is 13.4. The lowest BCUT2D eigenvalue weighted by Crippen LogP contribution is -2.26. The van der Waals surface area contributed by atoms with E-state index >= 15 is 0 Å². The number of ether oxygens (including phenoxy) is 1. The zero-order valence-corrected chi connectivity index (χ0v) is 10.0. The Balaban J connectivity index is 2.39. The van der Waals surface area contributed by atoms with E-state index in [0.717, 1.165) is 12.4 Å². The molecule has 0 unspecified atom stereocenters. The van der Waals surface area contributed by atoms with Crippen molar-refractivity contribution < 1.29 is 19.4 Å². The highest BCUT2D eigenvalue weighted by Gasteiger charge is 2.09. The molecule has 1 amide bonds. The van der Waals surface area contributed by atoms with Gasteiger partial charge in [0.2, 0.25) is 0 Å². The van der Waals surface area contributed by atoms with Crippen LogP contribution in [0, 0.1) is 0 Å². The molecular formula is C11H15N3O4. The van der Waals surface area contributed by atoms with E-state index in [1.54, 1.807) is 0 Å². The van der Waals surface area contributed by atoms with Crippen molar-refractivity contribution in [3.05, 3.63) is 23.8 Å². The third kappa shape index (κ3) is 4.46. The van der Waals surface area contributed by atoms with E-state index in [4.69, 9.17) is 9.84 Å². The van der Waals surface area contributed by atoms with Gasteiger partial charge >= 0.3 is 5.97 Å². The first-order valence-corrected chi connectivity index (χ1v) is 5.56. The van der Waals surface area contributed by atoms with E-state index in [9.17, 15) is 9.59 Å². The Hall–Kier alpha value is -2.02. The molecule has 0 aliphatic carbocycles. The molecule has 0 saturated heterocycles. The number of nitrogens with zero attached hydrogens (tertiary/aromatic N) is 2. The number of carbonyl (C=O) groups is 2. The Morgan fingerprint density at radius 3 is 2.56 bits per heavy atom. The lowest BCUT2D eigenvalue weighted by atomic mass is 10.3. The lowest BCUT2D eigenvalue weighted by molar-refractivity contribution is 0.0689. The van der Waals surface area contributed by atoms with E-state index in [2.05, 4.69) is 15.3 Å². The lowest BCUT2D eigenvalue weighted by Gasteiger charge is -2.04. The van der Waals surface area contributed by atoms with Crippen LogP contribution in [0.25, 0.3) is 0 Å². The Morgan fingerprint density at radius 2 is 2.00 bits per heavy atom. The number of hydrogen-bond acceptors (Lipinski definition) is 5. The number of aromatic nitrogens is 2. The molecule has 0 atom stereocenters. The highest BCUT2D eigenvalue weighted by Crippen LogP contribution is 1.95. The summed E-state index contributed by atoms with van der Waals surface area (Å²) in [4.78, 5) is 29.4. The molecule has 0 aliphatic heterocycles. The summed E-state index contributed by atoms with van der Waals surface area (Å²) in [5, 5.41) is 11.3. The molecular weight excluding hydrogens is 238 g/mol. The standard InChI is InChI=1S/C11H15N3O4/c1-2-18-5-3-4-12-10(15)8-6-14-9(7-13-8)11(16)17/h6-7H,2-5H2,1H3,(H,12,15)(H,16,17). The Morgan fingerprint density at radius 1 is 1.33 bits per heavy atom. The number of amides is 1. The molecule has 2 N–H and O–H groups in total. The second kappa shape index (κ2) is 7.33. The van der Waals surface area contributed by atoms with Crippen molar-refractivity contribution in [1.82, 2.24) is 15.3 Å². The zero-order valence-electron chi connectivity index (χ0n) is 10.0. The summed E-state index contributed by atoms with van der Waals surface area (Å²) < 4.78 is 5.12. The third-order valence-electron chi connectivity index (χ3n) is 2.06. The highest BCUT2D eigenvalue weighted by molar-refractivity contribution is 5.92. The first-order chi connectivity index (χ1) is 8.65. The molecule has 1 aromatic rings. The largest absolute Gasteiger partial charge is 0.476 e. The molecule has 1 rings (SSSR count). The van der Waals surface area contributed by atoms with Crippen LogP contribution in [0.1, 0.15) is 34.3 Å². The van der Waals surface area contributed by atoms with Crippen molar-refractivity contribution >= 4 is 11.9 Å². The Labute approximate surface area is 104 Å². The molecule has 0 spiro atoms. The number of aromatic carboxylic acids is 1. The SMILES string of the molecule is CCOCCCNC(=O)c1cnc(C(=O)O)cn1. The van der Waals surface area contributed by atoms with Gasteiger partial charge in [-0.25, -0.2) is 14.8 Å². The Bertz CT molecular complexity index is 405. The number of carboxylic acids is 1. The summed E-state index contributed by atoms with van der Waals surface area (Å²) >= 11 is 0. The van der Waals surface area contributed by atoms with Crippen LogP contribution in [0.5, 0.6) is 0 Å². The van der Waals surface area contributed by atoms with E-state index in [-0.39, 0.29) is 17.3 Å². The van der Waals surface area contributed by atoms with Gasteiger partial charge in [0.25, 0.3) is 5.91 Å². The van der Waals surface area contributed by atoms with Gasteiger partial charge in [0.05, 0.1) is 12.4 Å². The summed E-state index contributed by atoms with van der Waals surface area (Å²) in [6, 6.07) is 0. The van der Waals surface area contributed by atoms with Gasteiger partial charge in [0.15, 0.2) is 5.69 Å². The van der Waals surface area contributed by atoms with Crippen molar-refractivity contribution in [2.75, 3.05) is 19.8 Å². The molecule has 0 aliphatic rings.